The maximum Gasteiger partial charge on any atom is 0.269 e. The molecule has 0 fully saturated rings. The van der Waals surface area contributed by atoms with E-state index in [1.807, 2.05) is 0 Å². The van der Waals surface area contributed by atoms with E-state index in [0.29, 0.717) is 28.9 Å². The molecule has 3 aromatic rings. The summed E-state index contributed by atoms with van der Waals surface area (Å²) in [5.74, 6) is 1.95. The Hall–Kier alpha value is -2.36. The highest BCUT2D eigenvalue weighted by Crippen LogP contribution is 2.42. The van der Waals surface area contributed by atoms with Gasteiger partial charge in [-0.15, -0.1) is 11.3 Å². The molecule has 1 aromatic carbocycles. The fourth-order valence-electron chi connectivity index (χ4n) is 3.49. The second-order valence-electron chi connectivity index (χ2n) is 7.55. The average molecular weight is 459 g/mol. The van der Waals surface area contributed by atoms with Crippen molar-refractivity contribution in [2.75, 3.05) is 18.3 Å². The number of ether oxygens (including phenoxy) is 2. The molecule has 1 amide bonds. The Labute approximate surface area is 189 Å². The number of amides is 1. The highest BCUT2D eigenvalue weighted by atomic mass is 32.2. The molecule has 4 rings (SSSR count). The van der Waals surface area contributed by atoms with E-state index >= 15 is 0 Å². The van der Waals surface area contributed by atoms with E-state index in [9.17, 15) is 4.79 Å². The number of hydrogen-bond donors (Lipinski definition) is 2. The third-order valence-corrected chi connectivity index (χ3v) is 7.31. The molecule has 0 radical (unpaired) electrons. The first kappa shape index (κ1) is 21.9. The van der Waals surface area contributed by atoms with Gasteiger partial charge in [-0.3, -0.25) is 15.6 Å². The van der Waals surface area contributed by atoms with Crippen molar-refractivity contribution >= 4 is 45.0 Å². The molecule has 3 heterocycles. The van der Waals surface area contributed by atoms with Crippen LogP contribution in [0.15, 0.2) is 29.4 Å². The monoisotopic (exact) mass is 458 g/mol. The van der Waals surface area contributed by atoms with Crippen LogP contribution in [0.3, 0.4) is 0 Å². The van der Waals surface area contributed by atoms with Crippen LogP contribution < -0.4 is 15.6 Å². The molecule has 9 heteroatoms. The number of methoxy groups -OCH3 is 1. The van der Waals surface area contributed by atoms with Crippen molar-refractivity contribution in [1.82, 2.24) is 15.4 Å². The summed E-state index contributed by atoms with van der Waals surface area (Å²) in [4.78, 5) is 24.2. The van der Waals surface area contributed by atoms with Crippen LogP contribution in [-0.4, -0.2) is 34.3 Å². The Morgan fingerprint density at radius 2 is 2.06 bits per heavy atom. The molecule has 1 atom stereocenters. The number of hydrogen-bond acceptors (Lipinski definition) is 8. The molecular formula is C22H26N4O3S2. The summed E-state index contributed by atoms with van der Waals surface area (Å²) in [5, 5.41) is 1.66. The van der Waals surface area contributed by atoms with E-state index in [2.05, 4.69) is 31.6 Å². The van der Waals surface area contributed by atoms with Crippen molar-refractivity contribution < 1.29 is 14.3 Å². The number of anilines is 1. The Morgan fingerprint density at radius 1 is 1.29 bits per heavy atom. The van der Waals surface area contributed by atoms with Crippen LogP contribution in [0, 0.1) is 0 Å². The predicted octanol–water partition coefficient (Wildman–Crippen LogP) is 4.81. The van der Waals surface area contributed by atoms with Gasteiger partial charge in [-0.05, 0) is 48.9 Å². The minimum absolute atomic E-state index is 0.207. The number of thiophene rings is 1. The summed E-state index contributed by atoms with van der Waals surface area (Å²) in [5.41, 5.74) is 7.39. The Bertz CT molecular complexity index is 1100. The molecule has 2 aromatic heterocycles. The number of fused-ring (bicyclic) bond motifs is 3. The lowest BCUT2D eigenvalue weighted by Crippen LogP contribution is -2.34. The number of rotatable bonds is 7. The quantitative estimate of drug-likeness (QED) is 0.298. The van der Waals surface area contributed by atoms with Crippen LogP contribution in [0.2, 0.25) is 0 Å². The van der Waals surface area contributed by atoms with Gasteiger partial charge in [0.2, 0.25) is 0 Å². The second-order valence-corrected chi connectivity index (χ2v) is 9.86. The Morgan fingerprint density at radius 3 is 2.74 bits per heavy atom. The summed E-state index contributed by atoms with van der Waals surface area (Å²) >= 11 is 3.22. The maximum atomic E-state index is 12.7. The van der Waals surface area contributed by atoms with Gasteiger partial charge in [-0.25, -0.2) is 9.97 Å². The Balaban J connectivity index is 1.66. The van der Waals surface area contributed by atoms with Crippen molar-refractivity contribution in [2.24, 2.45) is 0 Å². The van der Waals surface area contributed by atoms with Gasteiger partial charge in [0.15, 0.2) is 11.0 Å². The topological polar surface area (TPSA) is 85.4 Å². The number of thioether (sulfide) groups is 1. The van der Waals surface area contributed by atoms with E-state index in [1.165, 1.54) is 10.4 Å². The molecule has 2 N–H and O–H groups in total. The molecule has 7 nitrogen and oxygen atoms in total. The fourth-order valence-corrected chi connectivity index (χ4v) is 5.22. The van der Waals surface area contributed by atoms with E-state index in [-0.39, 0.29) is 11.5 Å². The van der Waals surface area contributed by atoms with E-state index < -0.39 is 0 Å². The summed E-state index contributed by atoms with van der Waals surface area (Å²) in [6.45, 7) is 6.92. The lowest BCUT2D eigenvalue weighted by molar-refractivity contribution is -0.0543. The number of aromatic nitrogens is 2. The van der Waals surface area contributed by atoms with Gasteiger partial charge >= 0.3 is 0 Å². The minimum atomic E-state index is -0.245. The van der Waals surface area contributed by atoms with Crippen molar-refractivity contribution in [2.45, 2.75) is 51.0 Å². The third kappa shape index (κ3) is 4.49. The van der Waals surface area contributed by atoms with Gasteiger partial charge in [-0.2, -0.15) is 0 Å². The van der Waals surface area contributed by atoms with E-state index in [0.717, 1.165) is 28.8 Å². The normalized spacial score (nSPS) is 17.9. The number of nitrogens with zero attached hydrogens (tertiary/aromatic N) is 2. The molecule has 0 saturated carbocycles. The highest BCUT2D eigenvalue weighted by molar-refractivity contribution is 7.99. The number of nitrogens with one attached hydrogen (secondary N) is 2. The average Bonchev–Trinajstić information content (AvgIpc) is 3.15. The van der Waals surface area contributed by atoms with Crippen molar-refractivity contribution in [1.29, 1.82) is 0 Å². The third-order valence-electron chi connectivity index (χ3n) is 5.48. The van der Waals surface area contributed by atoms with Gasteiger partial charge in [0.25, 0.3) is 5.91 Å². The van der Waals surface area contributed by atoms with Crippen LogP contribution >= 0.6 is 23.1 Å². The first-order valence-electron chi connectivity index (χ1n) is 10.3. The summed E-state index contributed by atoms with van der Waals surface area (Å²) in [6, 6.07) is 6.96. The zero-order chi connectivity index (χ0) is 22.0. The summed E-state index contributed by atoms with van der Waals surface area (Å²) < 4.78 is 11.3. The molecular weight excluding hydrogens is 432 g/mol. The first-order valence-corrected chi connectivity index (χ1v) is 12.1. The number of benzene rings is 1. The smallest absolute Gasteiger partial charge is 0.269 e. The van der Waals surface area contributed by atoms with Crippen LogP contribution in [0.5, 0.6) is 5.75 Å². The van der Waals surface area contributed by atoms with E-state index in [1.54, 1.807) is 54.5 Å². The summed E-state index contributed by atoms with van der Waals surface area (Å²) in [7, 11) is 1.60. The molecule has 31 heavy (non-hydrogen) atoms. The lowest BCUT2D eigenvalue weighted by Gasteiger charge is -2.33. The van der Waals surface area contributed by atoms with Crippen LogP contribution in [0.25, 0.3) is 10.2 Å². The van der Waals surface area contributed by atoms with Gasteiger partial charge in [0, 0.05) is 16.9 Å². The SMILES string of the molecule is CCSc1nc(NNC(=O)c2ccc(OC)cc2)c2c3c(sc2n1)CO[C@](C)(CC)C3. The summed E-state index contributed by atoms with van der Waals surface area (Å²) in [6.07, 6.45) is 1.72. The number of hydrazine groups is 1. The highest BCUT2D eigenvalue weighted by Gasteiger charge is 2.33. The molecule has 164 valence electrons. The largest absolute Gasteiger partial charge is 0.497 e. The van der Waals surface area contributed by atoms with Gasteiger partial charge in [0.05, 0.1) is 24.7 Å². The molecule has 1 aliphatic heterocycles. The van der Waals surface area contributed by atoms with Gasteiger partial charge < -0.3 is 9.47 Å². The molecule has 0 aliphatic carbocycles. The fraction of sp³-hybridized carbons (Fsp3) is 0.409. The Kier molecular flexibility index (Phi) is 6.36. The zero-order valence-electron chi connectivity index (χ0n) is 18.1. The number of carbonyl (C=O) groups excluding carboxylic acids is 1. The second kappa shape index (κ2) is 9.02. The van der Waals surface area contributed by atoms with Crippen molar-refractivity contribution in [3.05, 3.63) is 40.3 Å². The molecule has 1 aliphatic rings. The lowest BCUT2D eigenvalue weighted by atomic mass is 9.90. The zero-order valence-corrected chi connectivity index (χ0v) is 19.7. The maximum absolute atomic E-state index is 12.7. The van der Waals surface area contributed by atoms with Crippen LogP contribution in [-0.2, 0) is 17.8 Å². The van der Waals surface area contributed by atoms with Crippen LogP contribution in [0.4, 0.5) is 5.82 Å². The molecule has 0 spiro atoms. The van der Waals surface area contributed by atoms with Gasteiger partial charge in [-0.1, -0.05) is 25.6 Å². The van der Waals surface area contributed by atoms with Crippen LogP contribution in [0.1, 0.15) is 48.0 Å². The minimum Gasteiger partial charge on any atom is -0.497 e. The molecule has 0 saturated heterocycles. The first-order chi connectivity index (χ1) is 15.0. The van der Waals surface area contributed by atoms with E-state index in [4.69, 9.17) is 19.4 Å². The number of carbonyl (C=O) groups is 1. The molecule has 0 bridgehead atoms. The molecule has 0 unspecified atom stereocenters. The van der Waals surface area contributed by atoms with Gasteiger partial charge in [0.1, 0.15) is 10.6 Å². The van der Waals surface area contributed by atoms with Crippen molar-refractivity contribution in [3.63, 3.8) is 0 Å². The predicted molar refractivity (Wildman–Crippen MR) is 125 cm³/mol. The van der Waals surface area contributed by atoms with Crippen molar-refractivity contribution in [3.8, 4) is 5.75 Å². The standard InChI is InChI=1S/C22H26N4O3S2/c1-5-22(3)11-15-16(12-29-22)31-20-17(15)18(23-21(24-20)30-6-2)25-26-19(27)13-7-9-14(28-4)10-8-13/h7-10H,5-6,11-12H2,1-4H3,(H,26,27)(H,23,24,25)/t22-/m1/s1.